The summed E-state index contributed by atoms with van der Waals surface area (Å²) >= 11 is 0. The third-order valence-corrected chi connectivity index (χ3v) is 6.28. The number of aryl methyl sites for hydroxylation is 2. The Morgan fingerprint density at radius 2 is 2.00 bits per heavy atom. The van der Waals surface area contributed by atoms with Gasteiger partial charge in [0.15, 0.2) is 0 Å². The first kappa shape index (κ1) is 24.0. The number of oxazole rings is 1. The van der Waals surface area contributed by atoms with E-state index in [0.717, 1.165) is 60.8 Å². The summed E-state index contributed by atoms with van der Waals surface area (Å²) in [4.78, 5) is 19.1. The maximum atomic E-state index is 12.1. The monoisotopic (exact) mass is 462 g/mol. The van der Waals surface area contributed by atoms with Crippen molar-refractivity contribution in [3.05, 3.63) is 71.1 Å². The van der Waals surface area contributed by atoms with Crippen LogP contribution in [0.2, 0.25) is 0 Å². The van der Waals surface area contributed by atoms with E-state index in [1.807, 2.05) is 50.2 Å². The van der Waals surface area contributed by atoms with Gasteiger partial charge in [0.2, 0.25) is 5.89 Å². The normalized spacial score (nSPS) is 16.4. The molecule has 0 amide bonds. The Bertz CT molecular complexity index is 1090. The second kappa shape index (κ2) is 11.3. The van der Waals surface area contributed by atoms with Crippen molar-refractivity contribution in [2.24, 2.45) is 5.92 Å². The first-order valence-corrected chi connectivity index (χ1v) is 12.2. The molecule has 2 aromatic carbocycles. The number of carbonyl (C=O) groups is 1. The average Bonchev–Trinajstić information content (AvgIpc) is 3.22. The number of hydrogen-bond acceptors (Lipinski definition) is 6. The second-order valence-electron chi connectivity index (χ2n) is 8.91. The molecule has 1 aromatic heterocycles. The van der Waals surface area contributed by atoms with E-state index in [-0.39, 0.29) is 11.9 Å². The van der Waals surface area contributed by atoms with Crippen LogP contribution in [0.4, 0.5) is 0 Å². The molecule has 0 N–H and O–H groups in total. The lowest BCUT2D eigenvalue weighted by molar-refractivity contribution is -0.150. The molecule has 3 aromatic rings. The molecule has 180 valence electrons. The highest BCUT2D eigenvalue weighted by atomic mass is 16.5. The number of benzene rings is 2. The van der Waals surface area contributed by atoms with Gasteiger partial charge in [-0.05, 0) is 69.5 Å². The molecule has 1 atom stereocenters. The van der Waals surface area contributed by atoms with Crippen LogP contribution in [0.5, 0.6) is 5.75 Å². The van der Waals surface area contributed by atoms with Crippen LogP contribution in [0.15, 0.2) is 52.9 Å². The lowest BCUT2D eigenvalue weighted by atomic mass is 9.97. The zero-order valence-electron chi connectivity index (χ0n) is 20.4. The molecule has 0 spiro atoms. The number of nitrogens with zero attached hydrogens (tertiary/aromatic N) is 2. The van der Waals surface area contributed by atoms with Gasteiger partial charge >= 0.3 is 5.97 Å². The minimum atomic E-state index is -0.0645. The SMILES string of the molecule is CCOC(=O)C1CCCN(Cc2ccc(OCCc3nc(-c4ccccc4)oc3C)c(C)c2)C1. The van der Waals surface area contributed by atoms with Crippen molar-refractivity contribution >= 4 is 5.97 Å². The fraction of sp³-hybridized carbons (Fsp3) is 0.429. The average molecular weight is 463 g/mol. The van der Waals surface area contributed by atoms with Gasteiger partial charge in [0.1, 0.15) is 11.5 Å². The molecule has 0 radical (unpaired) electrons. The Balaban J connectivity index is 1.30. The number of rotatable bonds is 9. The van der Waals surface area contributed by atoms with Crippen LogP contribution in [0, 0.1) is 19.8 Å². The predicted molar refractivity (Wildman–Crippen MR) is 132 cm³/mol. The van der Waals surface area contributed by atoms with Gasteiger partial charge in [-0.15, -0.1) is 0 Å². The maximum absolute atomic E-state index is 12.1. The molecule has 1 aliphatic rings. The highest BCUT2D eigenvalue weighted by Gasteiger charge is 2.26. The molecular formula is C28H34N2O4. The Labute approximate surface area is 201 Å². The lowest BCUT2D eigenvalue weighted by Gasteiger charge is -2.31. The van der Waals surface area contributed by atoms with Crippen molar-refractivity contribution in [2.75, 3.05) is 26.3 Å². The number of carbonyl (C=O) groups excluding carboxylic acids is 1. The first-order chi connectivity index (χ1) is 16.5. The van der Waals surface area contributed by atoms with Gasteiger partial charge in [-0.25, -0.2) is 4.98 Å². The van der Waals surface area contributed by atoms with Gasteiger partial charge < -0.3 is 13.9 Å². The number of hydrogen-bond donors (Lipinski definition) is 0. The molecular weight excluding hydrogens is 428 g/mol. The molecule has 4 rings (SSSR count). The number of piperidine rings is 1. The summed E-state index contributed by atoms with van der Waals surface area (Å²) in [6.07, 6.45) is 2.63. The number of likely N-dealkylation sites (tertiary alicyclic amines) is 1. The summed E-state index contributed by atoms with van der Waals surface area (Å²) in [5.74, 6) is 2.29. The lowest BCUT2D eigenvalue weighted by Crippen LogP contribution is -2.38. The van der Waals surface area contributed by atoms with Crippen LogP contribution >= 0.6 is 0 Å². The first-order valence-electron chi connectivity index (χ1n) is 12.2. The minimum absolute atomic E-state index is 0.0141. The Hall–Kier alpha value is -3.12. The van der Waals surface area contributed by atoms with E-state index in [1.165, 1.54) is 5.56 Å². The van der Waals surface area contributed by atoms with Crippen LogP contribution in [0.1, 0.15) is 42.3 Å². The Kier molecular flexibility index (Phi) is 8.01. The van der Waals surface area contributed by atoms with Crippen LogP contribution < -0.4 is 4.74 Å². The maximum Gasteiger partial charge on any atom is 0.310 e. The fourth-order valence-corrected chi connectivity index (χ4v) is 4.50. The molecule has 0 saturated carbocycles. The van der Waals surface area contributed by atoms with Crippen molar-refractivity contribution in [3.8, 4) is 17.2 Å². The number of aromatic nitrogens is 1. The highest BCUT2D eigenvalue weighted by Crippen LogP contribution is 2.25. The van der Waals surface area contributed by atoms with Gasteiger partial charge in [-0.2, -0.15) is 0 Å². The molecule has 6 heteroatoms. The third-order valence-electron chi connectivity index (χ3n) is 6.28. The zero-order valence-corrected chi connectivity index (χ0v) is 20.4. The molecule has 34 heavy (non-hydrogen) atoms. The summed E-state index contributed by atoms with van der Waals surface area (Å²) < 4.78 is 17.1. The molecule has 0 aliphatic carbocycles. The summed E-state index contributed by atoms with van der Waals surface area (Å²) in [6, 6.07) is 16.3. The van der Waals surface area contributed by atoms with Crippen LogP contribution in [-0.2, 0) is 22.5 Å². The van der Waals surface area contributed by atoms with Gasteiger partial charge in [0.25, 0.3) is 0 Å². The van der Waals surface area contributed by atoms with Crippen molar-refractivity contribution < 1.29 is 18.7 Å². The number of ether oxygens (including phenoxy) is 2. The van der Waals surface area contributed by atoms with E-state index >= 15 is 0 Å². The fourth-order valence-electron chi connectivity index (χ4n) is 4.50. The summed E-state index contributed by atoms with van der Waals surface area (Å²) in [5.41, 5.74) is 4.24. The standard InChI is InChI=1S/C28H34N2O4/c1-4-32-28(31)24-11-8-15-30(19-24)18-22-12-13-26(20(2)17-22)33-16-14-25-21(3)34-27(29-25)23-9-6-5-7-10-23/h5-7,9-10,12-13,17,24H,4,8,11,14-16,18-19H2,1-3H3. The van der Waals surface area contributed by atoms with Gasteiger partial charge in [0, 0.05) is 25.1 Å². The summed E-state index contributed by atoms with van der Waals surface area (Å²) in [7, 11) is 0. The molecule has 1 fully saturated rings. The van der Waals surface area contributed by atoms with E-state index in [4.69, 9.17) is 13.9 Å². The van der Waals surface area contributed by atoms with Crippen molar-refractivity contribution in [2.45, 2.75) is 46.6 Å². The molecule has 1 unspecified atom stereocenters. The van der Waals surface area contributed by atoms with Crippen LogP contribution in [-0.4, -0.2) is 42.2 Å². The molecule has 0 bridgehead atoms. The predicted octanol–water partition coefficient (Wildman–Crippen LogP) is 5.36. The Morgan fingerprint density at radius 1 is 1.18 bits per heavy atom. The van der Waals surface area contributed by atoms with E-state index in [0.29, 0.717) is 25.5 Å². The molecule has 1 saturated heterocycles. The largest absolute Gasteiger partial charge is 0.493 e. The Morgan fingerprint density at radius 3 is 2.76 bits per heavy atom. The van der Waals surface area contributed by atoms with E-state index in [1.54, 1.807) is 0 Å². The highest BCUT2D eigenvalue weighted by molar-refractivity contribution is 5.72. The van der Waals surface area contributed by atoms with Crippen LogP contribution in [0.3, 0.4) is 0 Å². The van der Waals surface area contributed by atoms with Gasteiger partial charge in [-0.1, -0.05) is 30.3 Å². The van der Waals surface area contributed by atoms with Crippen molar-refractivity contribution in [3.63, 3.8) is 0 Å². The van der Waals surface area contributed by atoms with Crippen molar-refractivity contribution in [1.29, 1.82) is 0 Å². The van der Waals surface area contributed by atoms with Crippen LogP contribution in [0.25, 0.3) is 11.5 Å². The van der Waals surface area contributed by atoms with Gasteiger partial charge in [0.05, 0.1) is 24.8 Å². The van der Waals surface area contributed by atoms with E-state index in [2.05, 4.69) is 28.9 Å². The molecule has 6 nitrogen and oxygen atoms in total. The third kappa shape index (κ3) is 6.06. The summed E-state index contributed by atoms with van der Waals surface area (Å²) in [5, 5.41) is 0. The van der Waals surface area contributed by atoms with Gasteiger partial charge in [-0.3, -0.25) is 9.69 Å². The molecule has 2 heterocycles. The van der Waals surface area contributed by atoms with E-state index < -0.39 is 0 Å². The zero-order chi connectivity index (χ0) is 23.9. The summed E-state index contributed by atoms with van der Waals surface area (Å²) in [6.45, 7) is 9.47. The van der Waals surface area contributed by atoms with E-state index in [9.17, 15) is 4.79 Å². The number of esters is 1. The quantitative estimate of drug-likeness (QED) is 0.399. The minimum Gasteiger partial charge on any atom is -0.493 e. The smallest absolute Gasteiger partial charge is 0.310 e. The topological polar surface area (TPSA) is 64.8 Å². The molecule has 1 aliphatic heterocycles. The second-order valence-corrected chi connectivity index (χ2v) is 8.91. The van der Waals surface area contributed by atoms with Crippen molar-refractivity contribution in [1.82, 2.24) is 9.88 Å².